The van der Waals surface area contributed by atoms with Crippen molar-refractivity contribution in [1.82, 2.24) is 19.2 Å². The van der Waals surface area contributed by atoms with Crippen molar-refractivity contribution < 1.29 is 13.9 Å². The van der Waals surface area contributed by atoms with Crippen LogP contribution in [0.25, 0.3) is 17.1 Å². The highest BCUT2D eigenvalue weighted by molar-refractivity contribution is 5.94. The largest absolute Gasteiger partial charge is 0.497 e. The van der Waals surface area contributed by atoms with E-state index in [1.807, 2.05) is 76.1 Å². The van der Waals surface area contributed by atoms with Crippen molar-refractivity contribution in [3.63, 3.8) is 0 Å². The third kappa shape index (κ3) is 4.03. The lowest BCUT2D eigenvalue weighted by Crippen LogP contribution is -2.49. The van der Waals surface area contributed by atoms with E-state index in [0.29, 0.717) is 37.6 Å². The van der Waals surface area contributed by atoms with Crippen LogP contribution in [0.5, 0.6) is 5.75 Å². The first kappa shape index (κ1) is 21.8. The maximum absolute atomic E-state index is 14.2. The Hall–Kier alpha value is -4.07. The second kappa shape index (κ2) is 9.05. The normalized spacial score (nSPS) is 13.9. The number of hydrogen-bond acceptors (Lipinski definition) is 4. The van der Waals surface area contributed by atoms with Gasteiger partial charge in [0.05, 0.1) is 24.2 Å². The fourth-order valence-electron chi connectivity index (χ4n) is 4.33. The summed E-state index contributed by atoms with van der Waals surface area (Å²) in [6.45, 7) is 2.13. The molecule has 2 aromatic carbocycles. The SMILES string of the molecule is COc1ccc(-n2nc(-c3cccn3C)cc2C(=O)N2CCN(c3ccccc3F)CC2)cc1. The van der Waals surface area contributed by atoms with E-state index in [1.54, 1.807) is 23.9 Å². The van der Waals surface area contributed by atoms with Crippen LogP contribution in [-0.4, -0.2) is 58.4 Å². The molecule has 1 fully saturated rings. The molecule has 0 N–H and O–H groups in total. The molecule has 5 rings (SSSR count). The van der Waals surface area contributed by atoms with Crippen molar-refractivity contribution in [2.75, 3.05) is 38.2 Å². The number of amides is 1. The number of halogens is 1. The Morgan fingerprint density at radius 1 is 0.971 bits per heavy atom. The predicted octanol–water partition coefficient (Wildman–Crippen LogP) is 3.99. The standard InChI is InChI=1S/C26H26FN5O2/c1-29-13-5-8-24(29)22-18-25(32(28-22)19-9-11-20(34-2)12-10-19)26(33)31-16-14-30(15-17-31)23-7-4-3-6-21(23)27/h3-13,18H,14-17H2,1-2H3. The Morgan fingerprint density at radius 2 is 1.71 bits per heavy atom. The molecule has 0 unspecified atom stereocenters. The summed E-state index contributed by atoms with van der Waals surface area (Å²) in [5.74, 6) is 0.389. The van der Waals surface area contributed by atoms with Crippen LogP contribution in [0.4, 0.5) is 10.1 Å². The number of anilines is 1. The number of nitrogens with zero attached hydrogens (tertiary/aromatic N) is 5. The van der Waals surface area contributed by atoms with E-state index in [1.165, 1.54) is 6.07 Å². The van der Waals surface area contributed by atoms with Gasteiger partial charge in [-0.3, -0.25) is 4.79 Å². The molecule has 0 spiro atoms. The van der Waals surface area contributed by atoms with Gasteiger partial charge in [-0.15, -0.1) is 0 Å². The number of aromatic nitrogens is 3. The highest BCUT2D eigenvalue weighted by Crippen LogP contribution is 2.25. The maximum Gasteiger partial charge on any atom is 0.272 e. The molecule has 7 nitrogen and oxygen atoms in total. The molecular weight excluding hydrogens is 433 g/mol. The number of rotatable bonds is 5. The van der Waals surface area contributed by atoms with E-state index in [4.69, 9.17) is 9.84 Å². The second-order valence-electron chi connectivity index (χ2n) is 8.26. The van der Waals surface area contributed by atoms with Crippen LogP contribution in [0, 0.1) is 5.82 Å². The molecule has 34 heavy (non-hydrogen) atoms. The van der Waals surface area contributed by atoms with Crippen molar-refractivity contribution in [3.05, 3.63) is 84.4 Å². The number of aryl methyl sites for hydroxylation is 1. The first-order valence-electron chi connectivity index (χ1n) is 11.2. The smallest absolute Gasteiger partial charge is 0.272 e. The highest BCUT2D eigenvalue weighted by atomic mass is 19.1. The molecule has 0 atom stereocenters. The summed E-state index contributed by atoms with van der Waals surface area (Å²) in [6, 6.07) is 20.0. The van der Waals surface area contributed by atoms with Crippen LogP contribution >= 0.6 is 0 Å². The molecule has 1 aliphatic heterocycles. The lowest BCUT2D eigenvalue weighted by atomic mass is 10.2. The quantitative estimate of drug-likeness (QED) is 0.453. The van der Waals surface area contributed by atoms with Crippen LogP contribution < -0.4 is 9.64 Å². The number of para-hydroxylation sites is 1. The third-order valence-electron chi connectivity index (χ3n) is 6.21. The lowest BCUT2D eigenvalue weighted by molar-refractivity contribution is 0.0737. The molecule has 1 amide bonds. The molecule has 0 bridgehead atoms. The molecule has 1 aliphatic rings. The van der Waals surface area contributed by atoms with Crippen molar-refractivity contribution >= 4 is 11.6 Å². The van der Waals surface area contributed by atoms with E-state index < -0.39 is 0 Å². The van der Waals surface area contributed by atoms with Crippen LogP contribution in [0.1, 0.15) is 10.5 Å². The molecule has 0 aliphatic carbocycles. The van der Waals surface area contributed by atoms with E-state index in [0.717, 1.165) is 22.8 Å². The average molecular weight is 460 g/mol. The van der Waals surface area contributed by atoms with E-state index in [-0.39, 0.29) is 11.7 Å². The molecular formula is C26H26FN5O2. The zero-order valence-electron chi connectivity index (χ0n) is 19.2. The maximum atomic E-state index is 14.2. The summed E-state index contributed by atoms with van der Waals surface area (Å²) in [4.78, 5) is 17.4. The Kier molecular flexibility index (Phi) is 5.79. The van der Waals surface area contributed by atoms with Crippen molar-refractivity contribution in [3.8, 4) is 22.8 Å². The number of piperazine rings is 1. The summed E-state index contributed by atoms with van der Waals surface area (Å²) in [7, 11) is 3.57. The number of carbonyl (C=O) groups is 1. The number of hydrogen-bond donors (Lipinski definition) is 0. The van der Waals surface area contributed by atoms with E-state index >= 15 is 0 Å². The number of benzene rings is 2. The van der Waals surface area contributed by atoms with Gasteiger partial charge in [0.15, 0.2) is 0 Å². The first-order valence-corrected chi connectivity index (χ1v) is 11.2. The van der Waals surface area contributed by atoms with Crippen LogP contribution in [-0.2, 0) is 7.05 Å². The van der Waals surface area contributed by atoms with Crippen LogP contribution in [0.2, 0.25) is 0 Å². The topological polar surface area (TPSA) is 55.5 Å². The van der Waals surface area contributed by atoms with Gasteiger partial charge in [-0.2, -0.15) is 5.10 Å². The van der Waals surface area contributed by atoms with Gasteiger partial charge in [0, 0.05) is 39.4 Å². The summed E-state index contributed by atoms with van der Waals surface area (Å²) in [5, 5.41) is 4.78. The number of methoxy groups -OCH3 is 1. The lowest BCUT2D eigenvalue weighted by Gasteiger charge is -2.36. The minimum Gasteiger partial charge on any atom is -0.497 e. The van der Waals surface area contributed by atoms with Gasteiger partial charge in [0.2, 0.25) is 0 Å². The Morgan fingerprint density at radius 3 is 2.35 bits per heavy atom. The van der Waals surface area contributed by atoms with Crippen molar-refractivity contribution in [1.29, 1.82) is 0 Å². The highest BCUT2D eigenvalue weighted by Gasteiger charge is 2.27. The molecule has 0 radical (unpaired) electrons. The van der Waals surface area contributed by atoms with E-state index in [2.05, 4.69) is 0 Å². The van der Waals surface area contributed by atoms with Gasteiger partial charge >= 0.3 is 0 Å². The minimum absolute atomic E-state index is 0.100. The fraction of sp³-hybridized carbons (Fsp3) is 0.231. The zero-order chi connectivity index (χ0) is 23.7. The molecule has 8 heteroatoms. The average Bonchev–Trinajstić information content (AvgIpc) is 3.50. The summed E-state index contributed by atoms with van der Waals surface area (Å²) >= 11 is 0. The predicted molar refractivity (Wildman–Crippen MR) is 129 cm³/mol. The molecule has 1 saturated heterocycles. The van der Waals surface area contributed by atoms with Gasteiger partial charge in [0.25, 0.3) is 5.91 Å². The monoisotopic (exact) mass is 459 g/mol. The Balaban J connectivity index is 1.44. The number of carbonyl (C=O) groups excluding carboxylic acids is 1. The zero-order valence-corrected chi connectivity index (χ0v) is 19.2. The number of ether oxygens (including phenoxy) is 1. The van der Waals surface area contributed by atoms with Gasteiger partial charge in [-0.25, -0.2) is 9.07 Å². The van der Waals surface area contributed by atoms with Crippen molar-refractivity contribution in [2.45, 2.75) is 0 Å². The van der Waals surface area contributed by atoms with Gasteiger partial charge in [-0.05, 0) is 54.6 Å². The Bertz CT molecular complexity index is 1300. The third-order valence-corrected chi connectivity index (χ3v) is 6.21. The Labute approximate surface area is 197 Å². The minimum atomic E-state index is -0.243. The summed E-state index contributed by atoms with van der Waals surface area (Å²) < 4.78 is 23.2. The molecule has 174 valence electrons. The summed E-state index contributed by atoms with van der Waals surface area (Å²) in [5.41, 5.74) is 3.47. The van der Waals surface area contributed by atoms with Crippen molar-refractivity contribution in [2.24, 2.45) is 7.05 Å². The first-order chi connectivity index (χ1) is 16.5. The summed E-state index contributed by atoms with van der Waals surface area (Å²) in [6.07, 6.45) is 1.95. The second-order valence-corrected chi connectivity index (χ2v) is 8.26. The van der Waals surface area contributed by atoms with Crippen LogP contribution in [0.3, 0.4) is 0 Å². The van der Waals surface area contributed by atoms with Gasteiger partial charge in [-0.1, -0.05) is 12.1 Å². The molecule has 3 heterocycles. The molecule has 0 saturated carbocycles. The van der Waals surface area contributed by atoms with Gasteiger partial charge < -0.3 is 19.1 Å². The fourth-order valence-corrected chi connectivity index (χ4v) is 4.33. The molecule has 2 aromatic heterocycles. The molecule has 4 aromatic rings. The van der Waals surface area contributed by atoms with Crippen LogP contribution in [0.15, 0.2) is 72.9 Å². The van der Waals surface area contributed by atoms with E-state index in [9.17, 15) is 9.18 Å². The van der Waals surface area contributed by atoms with Gasteiger partial charge in [0.1, 0.15) is 23.0 Å².